The summed E-state index contributed by atoms with van der Waals surface area (Å²) in [7, 11) is 0. The van der Waals surface area contributed by atoms with E-state index in [-0.39, 0.29) is 5.63 Å². The molecule has 0 unspecified atom stereocenters. The Balaban J connectivity index is 2.60. The highest BCUT2D eigenvalue weighted by Gasteiger charge is 2.16. The van der Waals surface area contributed by atoms with Crippen molar-refractivity contribution in [3.05, 3.63) is 46.4 Å². The summed E-state index contributed by atoms with van der Waals surface area (Å²) in [5, 5.41) is 2.52. The first-order valence-corrected chi connectivity index (χ1v) is 3.94. The molecule has 0 atom stereocenters. The molecule has 1 N–H and O–H groups in total. The van der Waals surface area contributed by atoms with Crippen molar-refractivity contribution < 1.29 is 9.20 Å². The number of hydrogen-bond donors (Lipinski definition) is 1. The molecule has 0 amide bonds. The minimum Gasteiger partial charge on any atom is -0.283 e. The van der Waals surface area contributed by atoms with Crippen molar-refractivity contribution in [3.63, 3.8) is 0 Å². The van der Waals surface area contributed by atoms with Gasteiger partial charge in [0.05, 0.1) is 0 Å². The van der Waals surface area contributed by atoms with Crippen molar-refractivity contribution in [3.8, 4) is 5.69 Å². The molecule has 1 aromatic carbocycles. The first-order valence-electron chi connectivity index (χ1n) is 3.94. The fraction of sp³-hybridized carbons (Fsp3) is 0.111. The third-order valence-corrected chi connectivity index (χ3v) is 1.87. The van der Waals surface area contributed by atoms with E-state index in [1.807, 2.05) is 30.3 Å². The quantitative estimate of drug-likeness (QED) is 0.647. The Hall–Kier alpha value is -1.84. The van der Waals surface area contributed by atoms with Crippen LogP contribution in [-0.4, -0.2) is 5.27 Å². The van der Waals surface area contributed by atoms with E-state index in [1.165, 1.54) is 0 Å². The van der Waals surface area contributed by atoms with Crippen molar-refractivity contribution in [1.82, 2.24) is 5.27 Å². The van der Waals surface area contributed by atoms with E-state index in [0.29, 0.717) is 5.69 Å². The van der Waals surface area contributed by atoms with Gasteiger partial charge < -0.3 is 0 Å². The summed E-state index contributed by atoms with van der Waals surface area (Å²) in [5.74, 6) is 0. The van der Waals surface area contributed by atoms with Gasteiger partial charge in [-0.2, -0.15) is 0 Å². The molecule has 0 aliphatic rings. The molecule has 4 nitrogen and oxygen atoms in total. The molecule has 0 bridgehead atoms. The second-order valence-electron chi connectivity index (χ2n) is 2.74. The van der Waals surface area contributed by atoms with E-state index in [9.17, 15) is 4.79 Å². The van der Waals surface area contributed by atoms with Crippen LogP contribution in [0.2, 0.25) is 0 Å². The van der Waals surface area contributed by atoms with Gasteiger partial charge in [-0.25, -0.2) is 4.79 Å². The van der Waals surface area contributed by atoms with Gasteiger partial charge in [-0.15, -0.1) is 0 Å². The lowest BCUT2D eigenvalue weighted by Gasteiger charge is -1.87. The number of aromatic amines is 1. The summed E-state index contributed by atoms with van der Waals surface area (Å²) in [5.41, 5.74) is 1.07. The Labute approximate surface area is 74.4 Å². The monoisotopic (exact) mass is 177 g/mol. The smallest absolute Gasteiger partial charge is 0.283 e. The fourth-order valence-electron chi connectivity index (χ4n) is 1.14. The second kappa shape index (κ2) is 2.90. The van der Waals surface area contributed by atoms with Crippen molar-refractivity contribution in [2.75, 3.05) is 0 Å². The highest BCUT2D eigenvalue weighted by Crippen LogP contribution is 1.96. The van der Waals surface area contributed by atoms with Crippen LogP contribution >= 0.6 is 0 Å². The lowest BCUT2D eigenvalue weighted by Crippen LogP contribution is -2.36. The van der Waals surface area contributed by atoms with Crippen LogP contribution in [0.5, 0.6) is 0 Å². The molecule has 0 spiro atoms. The Kier molecular flexibility index (Phi) is 1.73. The number of nitrogens with zero attached hydrogens (tertiary/aromatic N) is 1. The number of para-hydroxylation sites is 1. The zero-order valence-corrected chi connectivity index (χ0v) is 7.15. The lowest BCUT2D eigenvalue weighted by molar-refractivity contribution is -0.676. The van der Waals surface area contributed by atoms with Crippen molar-refractivity contribution in [2.45, 2.75) is 6.92 Å². The van der Waals surface area contributed by atoms with Crippen molar-refractivity contribution in [2.24, 2.45) is 0 Å². The molecule has 0 aliphatic carbocycles. The summed E-state index contributed by atoms with van der Waals surface area (Å²) in [4.78, 5) is 11.0. The van der Waals surface area contributed by atoms with E-state index in [4.69, 9.17) is 0 Å². The molecule has 4 heteroatoms. The van der Waals surface area contributed by atoms with Crippen LogP contribution in [0.15, 0.2) is 39.6 Å². The van der Waals surface area contributed by atoms with E-state index in [0.717, 1.165) is 5.69 Å². The second-order valence-corrected chi connectivity index (χ2v) is 2.74. The van der Waals surface area contributed by atoms with Crippen molar-refractivity contribution in [1.29, 1.82) is 0 Å². The molecular formula is C9H9N2O2+. The van der Waals surface area contributed by atoms with Gasteiger partial charge in [0.15, 0.2) is 0 Å². The number of aromatic nitrogens is 2. The molecule has 2 rings (SSSR count). The largest absolute Gasteiger partial charge is 0.430 e. The highest BCUT2D eigenvalue weighted by molar-refractivity contribution is 5.20. The van der Waals surface area contributed by atoms with Crippen LogP contribution < -0.4 is 10.3 Å². The zero-order chi connectivity index (χ0) is 9.26. The third-order valence-electron chi connectivity index (χ3n) is 1.87. The molecule has 1 aromatic heterocycles. The van der Waals surface area contributed by atoms with Gasteiger partial charge in [-0.1, -0.05) is 18.2 Å². The molecule has 2 aromatic rings. The average Bonchev–Trinajstić information content (AvgIpc) is 2.49. The van der Waals surface area contributed by atoms with Gasteiger partial charge in [0.2, 0.25) is 5.69 Å². The highest BCUT2D eigenvalue weighted by atomic mass is 16.5. The molecule has 1 heterocycles. The Morgan fingerprint density at radius 3 is 2.54 bits per heavy atom. The first-order chi connectivity index (χ1) is 6.29. The Morgan fingerprint density at radius 2 is 2.00 bits per heavy atom. The molecule has 0 radical (unpaired) electrons. The van der Waals surface area contributed by atoms with Gasteiger partial charge in [0.1, 0.15) is 0 Å². The van der Waals surface area contributed by atoms with E-state index in [1.54, 1.807) is 11.6 Å². The van der Waals surface area contributed by atoms with Crippen LogP contribution in [0.1, 0.15) is 5.69 Å². The molecular weight excluding hydrogens is 168 g/mol. The van der Waals surface area contributed by atoms with Gasteiger partial charge in [-0.3, -0.25) is 4.52 Å². The van der Waals surface area contributed by atoms with Gasteiger partial charge >= 0.3 is 5.63 Å². The maximum Gasteiger partial charge on any atom is 0.430 e. The molecule has 66 valence electrons. The number of nitrogens with one attached hydrogen (secondary N) is 1. The number of hydrogen-bond acceptors (Lipinski definition) is 2. The Morgan fingerprint density at radius 1 is 1.31 bits per heavy atom. The minimum atomic E-state index is -0.344. The SMILES string of the molecule is Cc1c(=O)o[nH][n+]1-c1ccccc1. The fourth-order valence-corrected chi connectivity index (χ4v) is 1.14. The van der Waals surface area contributed by atoms with Gasteiger partial charge in [0.25, 0.3) is 5.69 Å². The van der Waals surface area contributed by atoms with E-state index in [2.05, 4.69) is 9.79 Å². The van der Waals surface area contributed by atoms with Crippen molar-refractivity contribution >= 4 is 0 Å². The van der Waals surface area contributed by atoms with Gasteiger partial charge in [-0.05, 0) is 9.95 Å². The normalized spacial score (nSPS) is 10.2. The number of benzene rings is 1. The van der Waals surface area contributed by atoms with Crippen LogP contribution in [0, 0.1) is 6.92 Å². The van der Waals surface area contributed by atoms with Crippen LogP contribution in [0.3, 0.4) is 0 Å². The minimum absolute atomic E-state index is 0.344. The first kappa shape index (κ1) is 7.79. The van der Waals surface area contributed by atoms with Gasteiger partial charge in [0, 0.05) is 19.1 Å². The summed E-state index contributed by atoms with van der Waals surface area (Å²) >= 11 is 0. The molecule has 0 fully saturated rings. The maximum atomic E-state index is 11.0. The van der Waals surface area contributed by atoms with E-state index < -0.39 is 0 Å². The number of H-pyrrole nitrogens is 1. The van der Waals surface area contributed by atoms with Crippen LogP contribution in [-0.2, 0) is 0 Å². The molecule has 13 heavy (non-hydrogen) atoms. The predicted octanol–water partition coefficient (Wildman–Crippen LogP) is 0.553. The topological polar surface area (TPSA) is 49.9 Å². The Bertz CT molecular complexity index is 456. The maximum absolute atomic E-state index is 11.0. The molecule has 0 saturated heterocycles. The van der Waals surface area contributed by atoms with E-state index >= 15 is 0 Å². The van der Waals surface area contributed by atoms with Crippen LogP contribution in [0.25, 0.3) is 5.69 Å². The summed E-state index contributed by atoms with van der Waals surface area (Å²) in [6.07, 6.45) is 0. The lowest BCUT2D eigenvalue weighted by atomic mass is 10.3. The molecule has 0 aliphatic heterocycles. The zero-order valence-electron chi connectivity index (χ0n) is 7.15. The summed E-state index contributed by atoms with van der Waals surface area (Å²) in [6.45, 7) is 1.70. The third kappa shape index (κ3) is 1.26. The number of rotatable bonds is 1. The predicted molar refractivity (Wildman–Crippen MR) is 45.6 cm³/mol. The average molecular weight is 177 g/mol. The summed E-state index contributed by atoms with van der Waals surface area (Å²) in [6, 6.07) is 9.48. The molecule has 0 saturated carbocycles. The van der Waals surface area contributed by atoms with Crippen LogP contribution in [0.4, 0.5) is 0 Å². The standard InChI is InChI=1S/C9H8N2O2/c1-7-9(12)13-10-11(7)8-5-3-2-4-6-8/h2-6H,1H3/p+1. The summed E-state index contributed by atoms with van der Waals surface area (Å²) < 4.78 is 6.23.